The summed E-state index contributed by atoms with van der Waals surface area (Å²) in [6.07, 6.45) is 1.37. The van der Waals surface area contributed by atoms with E-state index < -0.39 is 15.9 Å². The molecule has 3 heterocycles. The van der Waals surface area contributed by atoms with Gasteiger partial charge in [0.05, 0.1) is 10.6 Å². The van der Waals surface area contributed by atoms with Crippen molar-refractivity contribution in [3.05, 3.63) is 53.6 Å². The van der Waals surface area contributed by atoms with E-state index in [1.54, 1.807) is 19.9 Å². The Morgan fingerprint density at radius 3 is 2.39 bits per heavy atom. The molecular weight excluding hydrogens is 446 g/mol. The molecule has 0 radical (unpaired) electrons. The Bertz CT molecular complexity index is 1250. The molecule has 3 aromatic rings. The van der Waals surface area contributed by atoms with Gasteiger partial charge < -0.3 is 19.6 Å². The van der Waals surface area contributed by atoms with Crippen LogP contribution in [0.3, 0.4) is 0 Å². The fraction of sp³-hybridized carbons (Fsp3) is 0.333. The van der Waals surface area contributed by atoms with E-state index >= 15 is 0 Å². The number of hydrogen-bond donors (Lipinski definition) is 2. The topological polar surface area (TPSA) is 134 Å². The van der Waals surface area contributed by atoms with Crippen molar-refractivity contribution in [1.82, 2.24) is 20.0 Å². The van der Waals surface area contributed by atoms with Crippen LogP contribution in [-0.4, -0.2) is 67.6 Å². The van der Waals surface area contributed by atoms with Crippen molar-refractivity contribution in [3.63, 3.8) is 0 Å². The van der Waals surface area contributed by atoms with Gasteiger partial charge in [-0.25, -0.2) is 23.1 Å². The minimum atomic E-state index is -3.87. The first-order valence-electron chi connectivity index (χ1n) is 10.4. The van der Waals surface area contributed by atoms with Gasteiger partial charge in [0.2, 0.25) is 5.88 Å². The molecule has 0 saturated carbocycles. The van der Waals surface area contributed by atoms with Crippen molar-refractivity contribution in [3.8, 4) is 0 Å². The Morgan fingerprint density at radius 1 is 1.06 bits per heavy atom. The van der Waals surface area contributed by atoms with Crippen molar-refractivity contribution in [1.29, 1.82) is 0 Å². The first-order valence-corrected chi connectivity index (χ1v) is 11.8. The number of anilines is 3. The number of carbonyl (C=O) groups is 1. The van der Waals surface area contributed by atoms with Gasteiger partial charge >= 0.3 is 0 Å². The molecule has 0 aliphatic carbocycles. The molecule has 33 heavy (non-hydrogen) atoms. The van der Waals surface area contributed by atoms with E-state index in [9.17, 15) is 13.2 Å². The molecule has 0 atom stereocenters. The summed E-state index contributed by atoms with van der Waals surface area (Å²) in [6, 6.07) is 7.46. The molecule has 174 valence electrons. The zero-order chi connectivity index (χ0) is 23.6. The summed E-state index contributed by atoms with van der Waals surface area (Å²) in [5, 5.41) is 6.48. The molecule has 1 aliphatic rings. The molecule has 0 unspecified atom stereocenters. The maximum atomic E-state index is 12.7. The number of nitrogens with zero attached hydrogens (tertiary/aromatic N) is 5. The van der Waals surface area contributed by atoms with Gasteiger partial charge in [-0.3, -0.25) is 4.79 Å². The van der Waals surface area contributed by atoms with E-state index in [1.165, 1.54) is 30.6 Å². The van der Waals surface area contributed by atoms with E-state index in [-0.39, 0.29) is 16.5 Å². The summed E-state index contributed by atoms with van der Waals surface area (Å²) < 4.78 is 32.6. The predicted molar refractivity (Wildman–Crippen MR) is 123 cm³/mol. The lowest BCUT2D eigenvalue weighted by Crippen LogP contribution is -2.44. The van der Waals surface area contributed by atoms with Crippen molar-refractivity contribution < 1.29 is 17.7 Å². The van der Waals surface area contributed by atoms with Crippen molar-refractivity contribution in [2.75, 3.05) is 48.2 Å². The number of amides is 1. The summed E-state index contributed by atoms with van der Waals surface area (Å²) in [5.41, 5.74) is 1.88. The van der Waals surface area contributed by atoms with Crippen LogP contribution < -0.4 is 14.9 Å². The van der Waals surface area contributed by atoms with E-state index in [4.69, 9.17) is 4.52 Å². The largest absolute Gasteiger partial charge is 0.354 e. The molecule has 1 amide bonds. The highest BCUT2D eigenvalue weighted by molar-refractivity contribution is 7.92. The quantitative estimate of drug-likeness (QED) is 0.553. The second kappa shape index (κ2) is 9.16. The molecule has 1 aliphatic heterocycles. The van der Waals surface area contributed by atoms with Crippen LogP contribution in [0, 0.1) is 13.8 Å². The van der Waals surface area contributed by atoms with Crippen LogP contribution in [-0.2, 0) is 10.0 Å². The molecule has 11 nitrogen and oxygen atoms in total. The highest BCUT2D eigenvalue weighted by Crippen LogP contribution is 2.23. The van der Waals surface area contributed by atoms with E-state index in [2.05, 4.69) is 42.0 Å². The van der Waals surface area contributed by atoms with Crippen molar-refractivity contribution in [2.45, 2.75) is 18.7 Å². The Kier molecular flexibility index (Phi) is 6.29. The summed E-state index contributed by atoms with van der Waals surface area (Å²) in [6.45, 7) is 6.93. The molecule has 2 aromatic heterocycles. The number of hydrogen-bond acceptors (Lipinski definition) is 9. The van der Waals surface area contributed by atoms with Crippen LogP contribution in [0.1, 0.15) is 21.7 Å². The highest BCUT2D eigenvalue weighted by atomic mass is 32.2. The van der Waals surface area contributed by atoms with Gasteiger partial charge in [-0.2, -0.15) is 0 Å². The minimum absolute atomic E-state index is 0.0216. The summed E-state index contributed by atoms with van der Waals surface area (Å²) in [4.78, 5) is 25.4. The van der Waals surface area contributed by atoms with Crippen LogP contribution in [0.4, 0.5) is 17.4 Å². The van der Waals surface area contributed by atoms with Gasteiger partial charge in [0.25, 0.3) is 15.9 Å². The highest BCUT2D eigenvalue weighted by Gasteiger charge is 2.20. The van der Waals surface area contributed by atoms with Crippen LogP contribution in [0.15, 0.2) is 46.1 Å². The molecule has 4 rings (SSSR count). The van der Waals surface area contributed by atoms with E-state index in [0.717, 1.165) is 26.2 Å². The smallest absolute Gasteiger partial charge is 0.274 e. The van der Waals surface area contributed by atoms with Crippen LogP contribution in [0.25, 0.3) is 0 Å². The van der Waals surface area contributed by atoms with Crippen LogP contribution in [0.2, 0.25) is 0 Å². The summed E-state index contributed by atoms with van der Waals surface area (Å²) in [5.74, 6) is 0.368. The number of benzene rings is 1. The zero-order valence-electron chi connectivity index (χ0n) is 18.6. The van der Waals surface area contributed by atoms with Crippen molar-refractivity contribution in [2.24, 2.45) is 0 Å². The average Bonchev–Trinajstić information content (AvgIpc) is 3.11. The third-order valence-electron chi connectivity index (χ3n) is 5.52. The molecule has 0 bridgehead atoms. The standard InChI is InChI=1S/C21H25N7O4S/c1-14-15(2)25-32-21(14)26-33(30,31)17-6-4-16(5-7-17)24-20(29)18-12-19(23-13-22-18)28-10-8-27(3)9-11-28/h4-7,12-13,26H,8-11H2,1-3H3,(H,24,29). The Morgan fingerprint density at radius 2 is 1.76 bits per heavy atom. The number of carbonyl (C=O) groups excluding carboxylic acids is 1. The normalized spacial score (nSPS) is 14.8. The number of likely N-dealkylation sites (N-methyl/N-ethyl adjacent to an activating group) is 1. The lowest BCUT2D eigenvalue weighted by Gasteiger charge is -2.33. The molecule has 2 N–H and O–H groups in total. The number of aromatic nitrogens is 3. The fourth-order valence-corrected chi connectivity index (χ4v) is 4.33. The number of piperazine rings is 1. The zero-order valence-corrected chi connectivity index (χ0v) is 19.4. The van der Waals surface area contributed by atoms with Crippen LogP contribution in [0.5, 0.6) is 0 Å². The summed E-state index contributed by atoms with van der Waals surface area (Å²) in [7, 11) is -1.80. The number of sulfonamides is 1. The van der Waals surface area contributed by atoms with Gasteiger partial charge in [0, 0.05) is 43.5 Å². The molecule has 1 aromatic carbocycles. The molecule has 1 fully saturated rings. The molecule has 0 spiro atoms. The predicted octanol–water partition coefficient (Wildman–Crippen LogP) is 1.89. The Hall–Kier alpha value is -3.51. The Balaban J connectivity index is 1.43. The lowest BCUT2D eigenvalue weighted by atomic mass is 10.2. The van der Waals surface area contributed by atoms with Gasteiger partial charge in [-0.05, 0) is 45.2 Å². The van der Waals surface area contributed by atoms with Gasteiger partial charge in [-0.15, -0.1) is 0 Å². The lowest BCUT2D eigenvalue weighted by molar-refractivity contribution is 0.102. The van der Waals surface area contributed by atoms with Crippen molar-refractivity contribution >= 4 is 33.3 Å². The third kappa shape index (κ3) is 5.12. The second-order valence-electron chi connectivity index (χ2n) is 7.86. The third-order valence-corrected chi connectivity index (χ3v) is 6.87. The van der Waals surface area contributed by atoms with Gasteiger partial charge in [0.1, 0.15) is 17.8 Å². The first kappa shape index (κ1) is 22.7. The molecule has 12 heteroatoms. The minimum Gasteiger partial charge on any atom is -0.354 e. The maximum Gasteiger partial charge on any atom is 0.274 e. The van der Waals surface area contributed by atoms with E-state index in [1.807, 2.05) is 0 Å². The van der Waals surface area contributed by atoms with Gasteiger partial charge in [-0.1, -0.05) is 5.16 Å². The molecular formula is C21H25N7O4S. The van der Waals surface area contributed by atoms with E-state index in [0.29, 0.717) is 22.8 Å². The second-order valence-corrected chi connectivity index (χ2v) is 9.54. The van der Waals surface area contributed by atoms with Gasteiger partial charge in [0.15, 0.2) is 0 Å². The fourth-order valence-electron chi connectivity index (χ4n) is 3.28. The van der Waals surface area contributed by atoms with Crippen LogP contribution >= 0.6 is 0 Å². The number of nitrogens with one attached hydrogen (secondary N) is 2. The number of rotatable bonds is 6. The Labute approximate surface area is 191 Å². The SMILES string of the molecule is Cc1noc(NS(=O)(=O)c2ccc(NC(=O)c3cc(N4CCN(C)CC4)ncn3)cc2)c1C. The average molecular weight is 472 g/mol. The number of aryl methyl sites for hydroxylation is 1. The molecule has 1 saturated heterocycles. The first-order chi connectivity index (χ1) is 15.7. The maximum absolute atomic E-state index is 12.7. The monoisotopic (exact) mass is 471 g/mol. The summed E-state index contributed by atoms with van der Waals surface area (Å²) >= 11 is 0.